The Kier molecular flexibility index (Phi) is 4.45. The van der Waals surface area contributed by atoms with E-state index in [4.69, 9.17) is 4.74 Å². The van der Waals surface area contributed by atoms with E-state index in [1.807, 2.05) is 38.4 Å². The van der Waals surface area contributed by atoms with Gasteiger partial charge >= 0.3 is 0 Å². The number of hydrogen-bond donors (Lipinski definition) is 1. The molecular formula is C17H20N2O2S. The van der Waals surface area contributed by atoms with Gasteiger partial charge in [0, 0.05) is 13.0 Å². The van der Waals surface area contributed by atoms with E-state index < -0.39 is 6.10 Å². The van der Waals surface area contributed by atoms with Crippen molar-refractivity contribution >= 4 is 17.2 Å². The molecule has 2 aromatic rings. The third-order valence-corrected chi connectivity index (χ3v) is 4.66. The zero-order valence-electron chi connectivity index (χ0n) is 12.8. The van der Waals surface area contributed by atoms with Gasteiger partial charge in [-0.05, 0) is 48.1 Å². The van der Waals surface area contributed by atoms with Gasteiger partial charge < -0.3 is 15.0 Å². The summed E-state index contributed by atoms with van der Waals surface area (Å²) < 4.78 is 5.73. The molecule has 0 saturated carbocycles. The van der Waals surface area contributed by atoms with Crippen LogP contribution in [-0.2, 0) is 11.2 Å². The van der Waals surface area contributed by atoms with E-state index in [1.54, 1.807) is 11.3 Å². The summed E-state index contributed by atoms with van der Waals surface area (Å²) in [4.78, 5) is 14.5. The van der Waals surface area contributed by atoms with E-state index in [2.05, 4.69) is 27.0 Å². The van der Waals surface area contributed by atoms with Crippen LogP contribution < -0.4 is 10.1 Å². The first-order valence-electron chi connectivity index (χ1n) is 7.36. The van der Waals surface area contributed by atoms with Crippen molar-refractivity contribution in [1.82, 2.24) is 10.2 Å². The van der Waals surface area contributed by atoms with Crippen LogP contribution in [0.4, 0.5) is 0 Å². The highest BCUT2D eigenvalue weighted by atomic mass is 32.1. The molecule has 2 atom stereocenters. The molecule has 2 heterocycles. The van der Waals surface area contributed by atoms with Gasteiger partial charge in [-0.1, -0.05) is 18.2 Å². The van der Waals surface area contributed by atoms with Crippen molar-refractivity contribution < 1.29 is 9.53 Å². The molecule has 1 amide bonds. The summed E-state index contributed by atoms with van der Waals surface area (Å²) in [7, 11) is 4.05. The number of nitrogens with zero attached hydrogens (tertiary/aromatic N) is 1. The Labute approximate surface area is 134 Å². The largest absolute Gasteiger partial charge is 0.480 e. The smallest absolute Gasteiger partial charge is 0.261 e. The molecule has 1 aliphatic heterocycles. The van der Waals surface area contributed by atoms with Crippen LogP contribution in [0.3, 0.4) is 0 Å². The minimum Gasteiger partial charge on any atom is -0.480 e. The first-order valence-corrected chi connectivity index (χ1v) is 8.30. The first kappa shape index (κ1) is 15.1. The van der Waals surface area contributed by atoms with Crippen LogP contribution in [0.5, 0.6) is 5.75 Å². The van der Waals surface area contributed by atoms with Gasteiger partial charge in [-0.2, -0.15) is 11.3 Å². The molecule has 3 rings (SSSR count). The molecule has 0 radical (unpaired) electrons. The van der Waals surface area contributed by atoms with E-state index in [1.165, 1.54) is 5.56 Å². The fourth-order valence-corrected chi connectivity index (χ4v) is 3.41. The fourth-order valence-electron chi connectivity index (χ4n) is 2.70. The minimum atomic E-state index is -0.414. The highest BCUT2D eigenvalue weighted by molar-refractivity contribution is 7.07. The van der Waals surface area contributed by atoms with Gasteiger partial charge in [0.25, 0.3) is 5.91 Å². The summed E-state index contributed by atoms with van der Waals surface area (Å²) in [6.45, 7) is 0.582. The lowest BCUT2D eigenvalue weighted by Gasteiger charge is -2.24. The zero-order valence-corrected chi connectivity index (χ0v) is 13.6. The van der Waals surface area contributed by atoms with Gasteiger partial charge in [-0.25, -0.2) is 0 Å². The highest BCUT2D eigenvalue weighted by Gasteiger charge is 2.29. The van der Waals surface area contributed by atoms with Gasteiger partial charge in [0.1, 0.15) is 5.75 Å². The lowest BCUT2D eigenvalue weighted by molar-refractivity contribution is -0.127. The topological polar surface area (TPSA) is 41.6 Å². The molecule has 0 fully saturated rings. The number of ether oxygens (including phenoxy) is 1. The van der Waals surface area contributed by atoms with Crippen LogP contribution in [0.15, 0.2) is 41.1 Å². The van der Waals surface area contributed by atoms with Gasteiger partial charge in [-0.3, -0.25) is 4.79 Å². The van der Waals surface area contributed by atoms with Crippen molar-refractivity contribution in [2.75, 3.05) is 20.6 Å². The molecule has 0 saturated heterocycles. The van der Waals surface area contributed by atoms with Crippen molar-refractivity contribution in [3.05, 3.63) is 52.2 Å². The van der Waals surface area contributed by atoms with Gasteiger partial charge in [0.15, 0.2) is 6.10 Å². The predicted octanol–water partition coefficient (Wildman–Crippen LogP) is 2.47. The van der Waals surface area contributed by atoms with Gasteiger partial charge in [0.2, 0.25) is 0 Å². The summed E-state index contributed by atoms with van der Waals surface area (Å²) >= 11 is 1.67. The third-order valence-electron chi connectivity index (χ3n) is 3.96. The minimum absolute atomic E-state index is 0.0433. The first-order chi connectivity index (χ1) is 10.6. The number of carbonyl (C=O) groups excluding carboxylic acids is 1. The van der Waals surface area contributed by atoms with Crippen LogP contribution in [0, 0.1) is 0 Å². The standard InChI is InChI=1S/C17H20N2O2S/c1-19(2)14(13-7-8-22-11-13)10-18-17(20)16-9-12-5-3-4-6-15(12)21-16/h3-8,11,14,16H,9-10H2,1-2H3,(H,18,20)/t14-,16+/m0/s1. The number of nitrogens with one attached hydrogen (secondary N) is 1. The molecule has 0 unspecified atom stereocenters. The van der Waals surface area contributed by atoms with Crippen molar-refractivity contribution in [2.45, 2.75) is 18.6 Å². The van der Waals surface area contributed by atoms with E-state index in [-0.39, 0.29) is 11.9 Å². The van der Waals surface area contributed by atoms with Crippen molar-refractivity contribution in [2.24, 2.45) is 0 Å². The number of amides is 1. The Morgan fingerprint density at radius 2 is 2.23 bits per heavy atom. The lowest BCUT2D eigenvalue weighted by atomic mass is 10.1. The van der Waals surface area contributed by atoms with Crippen molar-refractivity contribution in [1.29, 1.82) is 0 Å². The van der Waals surface area contributed by atoms with Crippen molar-refractivity contribution in [3.8, 4) is 5.75 Å². The number of carbonyl (C=O) groups is 1. The van der Waals surface area contributed by atoms with E-state index in [0.29, 0.717) is 13.0 Å². The summed E-state index contributed by atoms with van der Waals surface area (Å²) in [6, 6.07) is 10.1. The second-order valence-electron chi connectivity index (χ2n) is 5.70. The predicted molar refractivity (Wildman–Crippen MR) is 88.3 cm³/mol. The number of rotatable bonds is 5. The molecule has 1 aromatic heterocycles. The Hall–Kier alpha value is -1.85. The maximum absolute atomic E-state index is 12.4. The molecule has 116 valence electrons. The number of thiophene rings is 1. The van der Waals surface area contributed by atoms with Crippen LogP contribution in [0.25, 0.3) is 0 Å². The third kappa shape index (κ3) is 3.15. The Morgan fingerprint density at radius 3 is 2.91 bits per heavy atom. The number of benzene rings is 1. The number of hydrogen-bond acceptors (Lipinski definition) is 4. The second-order valence-corrected chi connectivity index (χ2v) is 6.48. The average Bonchev–Trinajstić information content (AvgIpc) is 3.16. The van der Waals surface area contributed by atoms with Crippen LogP contribution >= 0.6 is 11.3 Å². The Morgan fingerprint density at radius 1 is 1.41 bits per heavy atom. The maximum Gasteiger partial charge on any atom is 0.261 e. The molecule has 4 nitrogen and oxygen atoms in total. The molecule has 1 aliphatic rings. The summed E-state index contributed by atoms with van der Waals surface area (Å²) in [6.07, 6.45) is 0.232. The SMILES string of the molecule is CN(C)[C@@H](CNC(=O)[C@H]1Cc2ccccc2O1)c1ccsc1. The molecule has 22 heavy (non-hydrogen) atoms. The average molecular weight is 316 g/mol. The second kappa shape index (κ2) is 6.50. The molecule has 1 N–H and O–H groups in total. The van der Waals surface area contributed by atoms with E-state index >= 15 is 0 Å². The molecule has 1 aromatic carbocycles. The number of para-hydroxylation sites is 1. The Balaban J connectivity index is 1.59. The molecule has 0 aliphatic carbocycles. The van der Waals surface area contributed by atoms with E-state index in [9.17, 15) is 4.79 Å². The lowest BCUT2D eigenvalue weighted by Crippen LogP contribution is -2.41. The van der Waals surface area contributed by atoms with Gasteiger partial charge in [-0.15, -0.1) is 0 Å². The number of likely N-dealkylation sites (N-methyl/N-ethyl adjacent to an activating group) is 1. The number of fused-ring (bicyclic) bond motifs is 1. The van der Waals surface area contributed by atoms with E-state index in [0.717, 1.165) is 11.3 Å². The Bertz CT molecular complexity index is 615. The van der Waals surface area contributed by atoms with Gasteiger partial charge in [0.05, 0.1) is 6.04 Å². The molecule has 0 spiro atoms. The monoisotopic (exact) mass is 316 g/mol. The zero-order chi connectivity index (χ0) is 15.5. The quantitative estimate of drug-likeness (QED) is 0.921. The highest BCUT2D eigenvalue weighted by Crippen LogP contribution is 2.28. The fraction of sp³-hybridized carbons (Fsp3) is 0.353. The van der Waals surface area contributed by atoms with Crippen LogP contribution in [0.2, 0.25) is 0 Å². The normalized spacial score (nSPS) is 17.9. The summed E-state index contributed by atoms with van der Waals surface area (Å²) in [5.41, 5.74) is 2.33. The molecule has 5 heteroatoms. The van der Waals surface area contributed by atoms with Crippen molar-refractivity contribution in [3.63, 3.8) is 0 Å². The van der Waals surface area contributed by atoms with Crippen LogP contribution in [0.1, 0.15) is 17.2 Å². The van der Waals surface area contributed by atoms with Crippen LogP contribution in [-0.4, -0.2) is 37.6 Å². The maximum atomic E-state index is 12.4. The molecule has 0 bridgehead atoms. The summed E-state index contributed by atoms with van der Waals surface area (Å²) in [5, 5.41) is 7.21. The molecular weight excluding hydrogens is 296 g/mol. The summed E-state index contributed by atoms with van der Waals surface area (Å²) in [5.74, 6) is 0.780.